The molecule has 1 unspecified atom stereocenters. The third kappa shape index (κ3) is 7.86. The molecule has 4 N–H and O–H groups in total. The highest BCUT2D eigenvalue weighted by molar-refractivity contribution is 8.01. The Bertz CT molecular complexity index is 2150. The fourth-order valence-corrected chi connectivity index (χ4v) is 11.2. The number of hydrogen-bond donors (Lipinski definition) is 4. The first-order chi connectivity index (χ1) is 27.2. The van der Waals surface area contributed by atoms with E-state index in [1.54, 1.807) is 71.9 Å². The molecule has 320 valence electrons. The lowest BCUT2D eigenvalue weighted by molar-refractivity contribution is -0.161. The molecule has 5 fully saturated rings. The lowest BCUT2D eigenvalue weighted by Crippen LogP contribution is -2.71. The number of nitrogens with zero attached hydrogens (tertiary/aromatic N) is 4. The number of β-lactam (4-membered cyclic amide) rings is 2. The summed E-state index contributed by atoms with van der Waals surface area (Å²) < 4.78 is 27.8. The molecule has 0 aromatic heterocycles. The Kier molecular flexibility index (Phi) is 11.8. The number of nitrogens with one attached hydrogen (secondary N) is 2. The highest BCUT2D eigenvalue weighted by Gasteiger charge is 2.70. The molecule has 0 aliphatic carbocycles. The number of carboxylic acid groups (broad SMARTS) is 2. The summed E-state index contributed by atoms with van der Waals surface area (Å²) in [7, 11) is -3.98. The summed E-state index contributed by atoms with van der Waals surface area (Å²) in [5, 5.41) is 22.0. The lowest BCUT2D eigenvalue weighted by Gasteiger charge is -2.44. The van der Waals surface area contributed by atoms with Crippen LogP contribution in [0.15, 0.2) is 42.0 Å². The monoisotopic (exact) mass is 862 g/mol. The van der Waals surface area contributed by atoms with Crippen LogP contribution in [-0.4, -0.2) is 155 Å². The smallest absolute Gasteiger partial charge is 0.331 e. The second kappa shape index (κ2) is 15.6. The summed E-state index contributed by atoms with van der Waals surface area (Å²) in [5.74, 6) is -7.13. The van der Waals surface area contributed by atoms with Crippen LogP contribution in [0.4, 0.5) is 4.79 Å². The van der Waals surface area contributed by atoms with Gasteiger partial charge < -0.3 is 40.3 Å². The van der Waals surface area contributed by atoms with E-state index < -0.39 is 113 Å². The molecule has 0 bridgehead atoms. The van der Waals surface area contributed by atoms with E-state index in [4.69, 9.17) is 4.74 Å². The Hall–Kier alpha value is -5.51. The number of esters is 1. The standard InChI is InChI=1S/C23H27N5O7S.C14H19NO7S/c1-4-26-10-11-27(19(32)18(26)31)22(35)25-13(12-8-6-5-7-9-12)16(29)24-14-17(30)28-15(21(33)34)23(2,3)36-20(14)28;1-13(2,3)22-8(16)6-7-10(17)15-9(12(18)19)14(4,5)23(20,21)11(7)15/h5-9,13-15,20H,4,10-11H2,1-3H3,(H,24,29)(H,25,35)(H,33,34);6,9,11H,1-5H3,(H,18,19)/b;7-6-/t13?,14-,15+,20-;9-,11+/m00/s1. The largest absolute Gasteiger partial charge is 0.480 e. The first-order valence-electron chi connectivity index (χ1n) is 18.4. The van der Waals surface area contributed by atoms with E-state index in [0.29, 0.717) is 12.1 Å². The highest BCUT2D eigenvalue weighted by Crippen LogP contribution is 2.51. The van der Waals surface area contributed by atoms with E-state index in [1.165, 1.54) is 35.4 Å². The molecule has 7 amide bonds. The van der Waals surface area contributed by atoms with Gasteiger partial charge in [0.05, 0.1) is 5.57 Å². The third-order valence-corrected chi connectivity index (χ3v) is 14.8. The van der Waals surface area contributed by atoms with Gasteiger partial charge in [-0.15, -0.1) is 11.8 Å². The predicted octanol–water partition coefficient (Wildman–Crippen LogP) is -0.157. The Balaban J connectivity index is 0.000000248. The van der Waals surface area contributed by atoms with Crippen LogP contribution < -0.4 is 10.6 Å². The van der Waals surface area contributed by atoms with Crippen LogP contribution in [0.3, 0.4) is 0 Å². The van der Waals surface area contributed by atoms with Crippen LogP contribution in [-0.2, 0) is 52.9 Å². The molecule has 59 heavy (non-hydrogen) atoms. The molecule has 5 saturated heterocycles. The van der Waals surface area contributed by atoms with Gasteiger partial charge in [-0.3, -0.25) is 28.9 Å². The average Bonchev–Trinajstić information content (AvgIpc) is 3.47. The molecule has 1 aromatic carbocycles. The number of urea groups is 1. The van der Waals surface area contributed by atoms with Gasteiger partial charge in [-0.2, -0.15) is 0 Å². The summed E-state index contributed by atoms with van der Waals surface area (Å²) in [6.45, 7) is 13.1. The number of ether oxygens (including phenoxy) is 1. The van der Waals surface area contributed by atoms with E-state index >= 15 is 0 Å². The maximum absolute atomic E-state index is 13.3. The molecule has 1 aromatic rings. The molecule has 0 saturated carbocycles. The zero-order valence-corrected chi connectivity index (χ0v) is 35.1. The number of carbonyl (C=O) groups excluding carboxylic acids is 7. The van der Waals surface area contributed by atoms with Gasteiger partial charge in [-0.25, -0.2) is 27.6 Å². The normalized spacial score (nSPS) is 27.3. The highest BCUT2D eigenvalue weighted by atomic mass is 32.2. The van der Waals surface area contributed by atoms with Crippen LogP contribution in [0.2, 0.25) is 0 Å². The fourth-order valence-electron chi connectivity index (χ4n) is 7.50. The SMILES string of the molecule is CC(C)(C)OC(=O)/C=C1/C(=O)N2[C@@H](C(=O)O)C(C)(C)S(=O)(=O)[C@H]12.CCN1CCN(C(=O)NC(C(=O)N[C@H]2C(=O)N3[C@H]2SC(C)(C)[C@H]3C(=O)O)c2ccccc2)C(=O)C1=O. The van der Waals surface area contributed by atoms with Gasteiger partial charge in [0.1, 0.15) is 33.8 Å². The average molecular weight is 863 g/mol. The Labute approximate surface area is 343 Å². The van der Waals surface area contributed by atoms with Crippen molar-refractivity contribution in [3.8, 4) is 0 Å². The van der Waals surface area contributed by atoms with Crippen molar-refractivity contribution in [2.75, 3.05) is 19.6 Å². The Morgan fingerprint density at radius 3 is 2.05 bits per heavy atom. The number of likely N-dealkylation sites (N-methyl/N-ethyl adjacent to an activating group) is 1. The molecular formula is C37H46N6O14S2. The van der Waals surface area contributed by atoms with E-state index in [-0.39, 0.29) is 18.7 Å². The van der Waals surface area contributed by atoms with Crippen molar-refractivity contribution in [1.82, 2.24) is 30.2 Å². The predicted molar refractivity (Wildman–Crippen MR) is 206 cm³/mol. The van der Waals surface area contributed by atoms with Gasteiger partial charge in [0.2, 0.25) is 11.8 Å². The maximum Gasteiger partial charge on any atom is 0.331 e. The number of rotatable bonds is 8. The number of carboxylic acids is 2. The lowest BCUT2D eigenvalue weighted by atomic mass is 9.95. The Morgan fingerprint density at radius 1 is 0.915 bits per heavy atom. The topological polar surface area (TPSA) is 274 Å². The van der Waals surface area contributed by atoms with Crippen molar-refractivity contribution in [3.05, 3.63) is 47.5 Å². The van der Waals surface area contributed by atoms with Gasteiger partial charge in [-0.1, -0.05) is 30.3 Å². The quantitative estimate of drug-likeness (QED) is 0.114. The van der Waals surface area contributed by atoms with Crippen LogP contribution >= 0.6 is 11.8 Å². The molecule has 5 aliphatic heterocycles. The molecule has 5 aliphatic rings. The third-order valence-electron chi connectivity index (χ3n) is 10.4. The minimum Gasteiger partial charge on any atom is -0.480 e. The van der Waals surface area contributed by atoms with Crippen LogP contribution in [0.5, 0.6) is 0 Å². The maximum atomic E-state index is 13.3. The van der Waals surface area contributed by atoms with Crippen LogP contribution in [0.25, 0.3) is 0 Å². The first kappa shape index (κ1) is 44.6. The fraction of sp³-hybridized carbons (Fsp3) is 0.541. The first-order valence-corrected chi connectivity index (χ1v) is 20.8. The summed E-state index contributed by atoms with van der Waals surface area (Å²) >= 11 is 1.28. The molecule has 5 heterocycles. The van der Waals surface area contributed by atoms with Crippen molar-refractivity contribution in [2.45, 2.75) is 105 Å². The van der Waals surface area contributed by atoms with E-state index in [2.05, 4.69) is 10.6 Å². The van der Waals surface area contributed by atoms with Crippen LogP contribution in [0.1, 0.15) is 67.0 Å². The van der Waals surface area contributed by atoms with E-state index in [9.17, 15) is 61.8 Å². The van der Waals surface area contributed by atoms with E-state index in [0.717, 1.165) is 15.9 Å². The van der Waals surface area contributed by atoms with Gasteiger partial charge >= 0.3 is 35.8 Å². The summed E-state index contributed by atoms with van der Waals surface area (Å²) in [5.41, 5.74) is -0.644. The van der Waals surface area contributed by atoms with Crippen molar-refractivity contribution >= 4 is 75.1 Å². The number of piperazine rings is 1. The second-order valence-electron chi connectivity index (χ2n) is 16.3. The number of amides is 7. The number of sulfone groups is 1. The number of aliphatic carboxylic acids is 2. The number of benzene rings is 1. The molecule has 0 radical (unpaired) electrons. The molecule has 20 nitrogen and oxygen atoms in total. The van der Waals surface area contributed by atoms with Gasteiger partial charge in [0, 0.05) is 30.5 Å². The van der Waals surface area contributed by atoms with Crippen molar-refractivity contribution in [2.24, 2.45) is 0 Å². The number of hydrogen-bond acceptors (Lipinski definition) is 13. The van der Waals surface area contributed by atoms with Crippen molar-refractivity contribution in [1.29, 1.82) is 0 Å². The molecule has 6 rings (SSSR count). The number of thioether (sulfide) groups is 1. The molecule has 6 atom stereocenters. The number of carbonyl (C=O) groups is 9. The minimum atomic E-state index is -3.98. The van der Waals surface area contributed by atoms with Gasteiger partial charge in [-0.05, 0) is 61.0 Å². The summed E-state index contributed by atoms with van der Waals surface area (Å²) in [4.78, 5) is 115. The summed E-state index contributed by atoms with van der Waals surface area (Å²) in [6.07, 6.45) is 0.840. The number of fused-ring (bicyclic) bond motifs is 2. The molecular weight excluding hydrogens is 817 g/mol. The van der Waals surface area contributed by atoms with Crippen molar-refractivity contribution in [3.63, 3.8) is 0 Å². The Morgan fingerprint density at radius 2 is 1.51 bits per heavy atom. The molecule has 0 spiro atoms. The van der Waals surface area contributed by atoms with Crippen molar-refractivity contribution < 1.29 is 66.5 Å². The van der Waals surface area contributed by atoms with Gasteiger partial charge in [0.15, 0.2) is 21.3 Å². The summed E-state index contributed by atoms with van der Waals surface area (Å²) in [6, 6.07) is 2.63. The van der Waals surface area contributed by atoms with Crippen LogP contribution in [0, 0.1) is 0 Å². The van der Waals surface area contributed by atoms with Gasteiger partial charge in [0.25, 0.3) is 5.91 Å². The van der Waals surface area contributed by atoms with E-state index in [1.807, 2.05) is 0 Å². The zero-order valence-electron chi connectivity index (χ0n) is 33.4. The molecule has 22 heteroatoms. The second-order valence-corrected chi connectivity index (χ2v) is 20.7. The minimum absolute atomic E-state index is 0.0200. The number of imide groups is 1. The zero-order chi connectivity index (χ0) is 44.3.